The van der Waals surface area contributed by atoms with Crippen molar-refractivity contribution in [3.05, 3.63) is 54.5 Å². The molecule has 0 aliphatic heterocycles. The standard InChI is InChI=1S/C13H15N3O4S/c14-15-13(17)10-16(9-11-5-4-8-20-11)21(18,19)12-6-2-1-3-7-12/h1-8H,9-10,14H2,(H,15,17). The lowest BCUT2D eigenvalue weighted by Crippen LogP contribution is -2.42. The van der Waals surface area contributed by atoms with E-state index in [4.69, 9.17) is 10.3 Å². The van der Waals surface area contributed by atoms with E-state index in [1.165, 1.54) is 18.4 Å². The number of hydrogen-bond acceptors (Lipinski definition) is 5. The molecule has 0 saturated carbocycles. The molecule has 0 saturated heterocycles. The van der Waals surface area contributed by atoms with Gasteiger partial charge >= 0.3 is 0 Å². The lowest BCUT2D eigenvalue weighted by atomic mass is 10.4. The summed E-state index contributed by atoms with van der Waals surface area (Å²) in [5.74, 6) is 4.85. The first-order chi connectivity index (χ1) is 10.0. The van der Waals surface area contributed by atoms with Gasteiger partial charge in [0.25, 0.3) is 0 Å². The summed E-state index contributed by atoms with van der Waals surface area (Å²) in [5.41, 5.74) is 1.92. The molecule has 2 rings (SSSR count). The number of amides is 1. The van der Waals surface area contributed by atoms with Gasteiger partial charge in [-0.05, 0) is 24.3 Å². The van der Waals surface area contributed by atoms with Crippen molar-refractivity contribution in [2.75, 3.05) is 6.54 Å². The third kappa shape index (κ3) is 3.69. The Morgan fingerprint density at radius 3 is 2.48 bits per heavy atom. The highest BCUT2D eigenvalue weighted by Crippen LogP contribution is 2.18. The molecule has 0 atom stereocenters. The Balaban J connectivity index is 2.31. The summed E-state index contributed by atoms with van der Waals surface area (Å²) < 4.78 is 31.3. The lowest BCUT2D eigenvalue weighted by molar-refractivity contribution is -0.121. The number of nitrogens with zero attached hydrogens (tertiary/aromatic N) is 1. The fourth-order valence-electron chi connectivity index (χ4n) is 1.75. The van der Waals surface area contributed by atoms with Crippen LogP contribution in [0, 0.1) is 0 Å². The predicted molar refractivity (Wildman–Crippen MR) is 75.1 cm³/mol. The molecule has 1 amide bonds. The SMILES string of the molecule is NNC(=O)CN(Cc1ccco1)S(=O)(=O)c1ccccc1. The van der Waals surface area contributed by atoms with E-state index in [0.29, 0.717) is 5.76 Å². The minimum atomic E-state index is -3.83. The van der Waals surface area contributed by atoms with Gasteiger partial charge in [-0.25, -0.2) is 14.3 Å². The minimum Gasteiger partial charge on any atom is -0.468 e. The fraction of sp³-hybridized carbons (Fsp3) is 0.154. The average Bonchev–Trinajstić information content (AvgIpc) is 3.00. The van der Waals surface area contributed by atoms with Crippen molar-refractivity contribution in [3.8, 4) is 0 Å². The van der Waals surface area contributed by atoms with Gasteiger partial charge < -0.3 is 4.42 Å². The summed E-state index contributed by atoms with van der Waals surface area (Å²) in [6.07, 6.45) is 1.44. The van der Waals surface area contributed by atoms with Crippen molar-refractivity contribution in [1.82, 2.24) is 9.73 Å². The Morgan fingerprint density at radius 2 is 1.90 bits per heavy atom. The first-order valence-corrected chi connectivity index (χ1v) is 7.55. The molecule has 2 aromatic rings. The van der Waals surface area contributed by atoms with Crippen LogP contribution in [0.3, 0.4) is 0 Å². The van der Waals surface area contributed by atoms with Crippen LogP contribution >= 0.6 is 0 Å². The van der Waals surface area contributed by atoms with E-state index in [-0.39, 0.29) is 11.4 Å². The number of nitrogens with one attached hydrogen (secondary N) is 1. The van der Waals surface area contributed by atoms with Gasteiger partial charge in [-0.1, -0.05) is 18.2 Å². The van der Waals surface area contributed by atoms with E-state index in [9.17, 15) is 13.2 Å². The Morgan fingerprint density at radius 1 is 1.19 bits per heavy atom. The van der Waals surface area contributed by atoms with Crippen molar-refractivity contribution >= 4 is 15.9 Å². The summed E-state index contributed by atoms with van der Waals surface area (Å²) in [5, 5.41) is 0. The highest BCUT2D eigenvalue weighted by molar-refractivity contribution is 7.89. The van der Waals surface area contributed by atoms with Gasteiger partial charge in [0.15, 0.2) is 0 Å². The Bertz CT molecular complexity index is 683. The highest BCUT2D eigenvalue weighted by Gasteiger charge is 2.27. The van der Waals surface area contributed by atoms with Gasteiger partial charge in [0, 0.05) is 0 Å². The summed E-state index contributed by atoms with van der Waals surface area (Å²) in [6.45, 7) is -0.452. The van der Waals surface area contributed by atoms with Gasteiger partial charge in [0.1, 0.15) is 5.76 Å². The molecule has 0 aliphatic carbocycles. The molecule has 0 bridgehead atoms. The topological polar surface area (TPSA) is 106 Å². The lowest BCUT2D eigenvalue weighted by Gasteiger charge is -2.20. The smallest absolute Gasteiger partial charge is 0.249 e. The number of furan rings is 1. The maximum Gasteiger partial charge on any atom is 0.249 e. The Labute approximate surface area is 122 Å². The van der Waals surface area contributed by atoms with E-state index < -0.39 is 22.5 Å². The van der Waals surface area contributed by atoms with Crippen molar-refractivity contribution in [2.45, 2.75) is 11.4 Å². The first kappa shape index (κ1) is 15.2. The molecule has 0 unspecified atom stereocenters. The van der Waals surface area contributed by atoms with Crippen LogP contribution in [0.5, 0.6) is 0 Å². The molecule has 0 fully saturated rings. The maximum atomic E-state index is 12.6. The van der Waals surface area contributed by atoms with Crippen LogP contribution < -0.4 is 11.3 Å². The number of carbonyl (C=O) groups excluding carboxylic acids is 1. The van der Waals surface area contributed by atoms with Gasteiger partial charge in [0.05, 0.1) is 24.2 Å². The summed E-state index contributed by atoms with van der Waals surface area (Å²) >= 11 is 0. The van der Waals surface area contributed by atoms with Gasteiger partial charge in [-0.15, -0.1) is 0 Å². The second kappa shape index (κ2) is 6.53. The van der Waals surface area contributed by atoms with E-state index >= 15 is 0 Å². The molecule has 0 spiro atoms. The minimum absolute atomic E-state index is 0.0579. The van der Waals surface area contributed by atoms with Gasteiger partial charge in [0.2, 0.25) is 15.9 Å². The molecule has 8 heteroatoms. The molecule has 112 valence electrons. The number of rotatable bonds is 6. The molecule has 21 heavy (non-hydrogen) atoms. The zero-order chi connectivity index (χ0) is 15.3. The molecule has 0 radical (unpaired) electrons. The zero-order valence-electron chi connectivity index (χ0n) is 11.1. The van der Waals surface area contributed by atoms with Crippen LogP contribution in [0.2, 0.25) is 0 Å². The maximum absolute atomic E-state index is 12.6. The van der Waals surface area contributed by atoms with Gasteiger partial charge in [-0.3, -0.25) is 10.2 Å². The van der Waals surface area contributed by atoms with Crippen LogP contribution in [-0.4, -0.2) is 25.2 Å². The van der Waals surface area contributed by atoms with Crippen LogP contribution in [0.15, 0.2) is 58.0 Å². The monoisotopic (exact) mass is 309 g/mol. The van der Waals surface area contributed by atoms with Crippen molar-refractivity contribution in [1.29, 1.82) is 0 Å². The molecule has 3 N–H and O–H groups in total. The number of carbonyl (C=O) groups is 1. The quantitative estimate of drug-likeness (QED) is 0.458. The highest BCUT2D eigenvalue weighted by atomic mass is 32.2. The molecule has 1 aromatic heterocycles. The first-order valence-electron chi connectivity index (χ1n) is 6.11. The van der Waals surface area contributed by atoms with E-state index in [1.54, 1.807) is 30.3 Å². The van der Waals surface area contributed by atoms with Crippen LogP contribution in [0.25, 0.3) is 0 Å². The number of hydrazine groups is 1. The average molecular weight is 309 g/mol. The number of sulfonamides is 1. The Hall–Kier alpha value is -2.16. The fourth-order valence-corrected chi connectivity index (χ4v) is 3.13. The second-order valence-corrected chi connectivity index (χ2v) is 6.17. The largest absolute Gasteiger partial charge is 0.468 e. The third-order valence-corrected chi connectivity index (χ3v) is 4.58. The van der Waals surface area contributed by atoms with Crippen molar-refractivity contribution in [2.24, 2.45) is 5.84 Å². The molecule has 7 nitrogen and oxygen atoms in total. The molecule has 0 aliphatic rings. The van der Waals surface area contributed by atoms with Crippen molar-refractivity contribution < 1.29 is 17.6 Å². The molecular formula is C13H15N3O4S. The van der Waals surface area contributed by atoms with Crippen LogP contribution in [0.1, 0.15) is 5.76 Å². The van der Waals surface area contributed by atoms with Crippen LogP contribution in [0.4, 0.5) is 0 Å². The van der Waals surface area contributed by atoms with E-state index in [0.717, 1.165) is 4.31 Å². The summed E-state index contributed by atoms with van der Waals surface area (Å²) in [4.78, 5) is 11.6. The third-order valence-electron chi connectivity index (χ3n) is 2.77. The molecular weight excluding hydrogens is 294 g/mol. The van der Waals surface area contributed by atoms with Crippen LogP contribution in [-0.2, 0) is 21.4 Å². The number of nitrogens with two attached hydrogens (primary N) is 1. The molecule has 1 aromatic carbocycles. The zero-order valence-corrected chi connectivity index (χ0v) is 11.9. The summed E-state index contributed by atoms with van der Waals surface area (Å²) in [6, 6.07) is 11.1. The van der Waals surface area contributed by atoms with E-state index in [2.05, 4.69) is 0 Å². The molecule has 1 heterocycles. The Kier molecular flexibility index (Phi) is 4.73. The predicted octanol–water partition coefficient (Wildman–Crippen LogP) is 0.460. The normalized spacial score (nSPS) is 11.5. The summed E-state index contributed by atoms with van der Waals surface area (Å²) in [7, 11) is -3.83. The number of benzene rings is 1. The number of hydrogen-bond donors (Lipinski definition) is 2. The van der Waals surface area contributed by atoms with E-state index in [1.807, 2.05) is 5.43 Å². The second-order valence-electron chi connectivity index (χ2n) is 4.23. The van der Waals surface area contributed by atoms with Gasteiger partial charge in [-0.2, -0.15) is 4.31 Å². The van der Waals surface area contributed by atoms with Crippen molar-refractivity contribution in [3.63, 3.8) is 0 Å².